The minimum atomic E-state index is -0.119. The van der Waals surface area contributed by atoms with E-state index in [2.05, 4.69) is 24.1 Å². The van der Waals surface area contributed by atoms with Crippen molar-refractivity contribution in [2.45, 2.75) is 26.3 Å². The third-order valence-corrected chi connectivity index (χ3v) is 3.77. The first-order valence-corrected chi connectivity index (χ1v) is 6.21. The van der Waals surface area contributed by atoms with Gasteiger partial charge in [0.2, 0.25) is 0 Å². The van der Waals surface area contributed by atoms with Crippen LogP contribution in [0, 0.1) is 11.2 Å². The maximum absolute atomic E-state index is 13.7. The summed E-state index contributed by atoms with van der Waals surface area (Å²) in [6, 6.07) is 7.54. The van der Waals surface area contributed by atoms with E-state index in [1.165, 1.54) is 6.07 Å². The van der Waals surface area contributed by atoms with E-state index in [4.69, 9.17) is 0 Å². The van der Waals surface area contributed by atoms with Gasteiger partial charge in [-0.2, -0.15) is 0 Å². The third kappa shape index (κ3) is 2.44. The number of halogens is 1. The molecule has 0 bridgehead atoms. The number of benzene rings is 1. The van der Waals surface area contributed by atoms with Crippen LogP contribution in [0.3, 0.4) is 0 Å². The molecule has 1 fully saturated rings. The van der Waals surface area contributed by atoms with Crippen molar-refractivity contribution in [3.8, 4) is 0 Å². The maximum atomic E-state index is 13.7. The fourth-order valence-electron chi connectivity index (χ4n) is 2.81. The molecule has 0 radical (unpaired) electrons. The molecule has 1 aliphatic rings. The highest BCUT2D eigenvalue weighted by atomic mass is 19.1. The predicted octanol–water partition coefficient (Wildman–Crippen LogP) is 2.65. The van der Waals surface area contributed by atoms with Crippen LogP contribution in [0.2, 0.25) is 0 Å². The number of anilines is 1. The third-order valence-electron chi connectivity index (χ3n) is 3.77. The fraction of sp³-hybridized carbons (Fsp3) is 0.571. The maximum Gasteiger partial charge on any atom is 0.146 e. The SMILES string of the molecule is CNC1CCN(c2ccccc2F)CC1(C)C. The van der Waals surface area contributed by atoms with E-state index >= 15 is 0 Å². The molecular formula is C14H21FN2. The molecule has 1 saturated heterocycles. The Bertz CT molecular complexity index is 390. The minimum Gasteiger partial charge on any atom is -0.369 e. The van der Waals surface area contributed by atoms with Gasteiger partial charge < -0.3 is 10.2 Å². The Hall–Kier alpha value is -1.09. The van der Waals surface area contributed by atoms with Gasteiger partial charge in [0.1, 0.15) is 5.82 Å². The number of nitrogens with zero attached hydrogens (tertiary/aromatic N) is 1. The molecule has 1 N–H and O–H groups in total. The standard InChI is InChI=1S/C14H21FN2/c1-14(2)10-17(9-8-13(14)16-3)12-7-5-4-6-11(12)15/h4-7,13,16H,8-10H2,1-3H3. The van der Waals surface area contributed by atoms with E-state index in [1.54, 1.807) is 6.07 Å². The van der Waals surface area contributed by atoms with Crippen LogP contribution in [0.15, 0.2) is 24.3 Å². The van der Waals surface area contributed by atoms with Crippen LogP contribution in [0.4, 0.5) is 10.1 Å². The molecule has 1 aromatic carbocycles. The smallest absolute Gasteiger partial charge is 0.146 e. The van der Waals surface area contributed by atoms with Gasteiger partial charge in [-0.05, 0) is 31.0 Å². The lowest BCUT2D eigenvalue weighted by molar-refractivity contribution is 0.214. The number of para-hydroxylation sites is 1. The van der Waals surface area contributed by atoms with E-state index in [9.17, 15) is 4.39 Å². The van der Waals surface area contributed by atoms with Gasteiger partial charge in [0.15, 0.2) is 0 Å². The molecule has 1 aliphatic heterocycles. The zero-order valence-electron chi connectivity index (χ0n) is 10.8. The quantitative estimate of drug-likeness (QED) is 0.849. The molecule has 0 saturated carbocycles. The van der Waals surface area contributed by atoms with E-state index < -0.39 is 0 Å². The van der Waals surface area contributed by atoms with E-state index in [1.807, 2.05) is 19.2 Å². The summed E-state index contributed by atoms with van der Waals surface area (Å²) in [6.45, 7) is 6.28. The highest BCUT2D eigenvalue weighted by Gasteiger charge is 2.35. The van der Waals surface area contributed by atoms with Crippen molar-refractivity contribution in [3.05, 3.63) is 30.1 Å². The first-order valence-electron chi connectivity index (χ1n) is 6.21. The highest BCUT2D eigenvalue weighted by molar-refractivity contribution is 5.48. The second kappa shape index (κ2) is 4.65. The van der Waals surface area contributed by atoms with Gasteiger partial charge in [-0.25, -0.2) is 4.39 Å². The van der Waals surface area contributed by atoms with Crippen molar-refractivity contribution >= 4 is 5.69 Å². The fourth-order valence-corrected chi connectivity index (χ4v) is 2.81. The normalized spacial score (nSPS) is 23.8. The van der Waals surface area contributed by atoms with Crippen LogP contribution >= 0.6 is 0 Å². The molecule has 1 aromatic rings. The van der Waals surface area contributed by atoms with Gasteiger partial charge in [0.25, 0.3) is 0 Å². The van der Waals surface area contributed by atoms with Crippen LogP contribution in [0.1, 0.15) is 20.3 Å². The molecule has 17 heavy (non-hydrogen) atoms. The summed E-state index contributed by atoms with van der Waals surface area (Å²) in [7, 11) is 2.01. The summed E-state index contributed by atoms with van der Waals surface area (Å²) < 4.78 is 13.7. The Kier molecular flexibility index (Phi) is 3.38. The van der Waals surface area contributed by atoms with Crippen LogP contribution in [0.25, 0.3) is 0 Å². The molecule has 2 rings (SSSR count). The molecule has 1 heterocycles. The van der Waals surface area contributed by atoms with Gasteiger partial charge in [0.05, 0.1) is 5.69 Å². The van der Waals surface area contributed by atoms with Crippen LogP contribution in [0.5, 0.6) is 0 Å². The Morgan fingerprint density at radius 3 is 2.65 bits per heavy atom. The van der Waals surface area contributed by atoms with Crippen LogP contribution < -0.4 is 10.2 Å². The van der Waals surface area contributed by atoms with Crippen molar-refractivity contribution in [2.24, 2.45) is 5.41 Å². The number of hydrogen-bond donors (Lipinski definition) is 1. The number of hydrogen-bond acceptors (Lipinski definition) is 2. The molecule has 1 unspecified atom stereocenters. The first kappa shape index (κ1) is 12.4. The molecule has 1 atom stereocenters. The minimum absolute atomic E-state index is 0.119. The van der Waals surface area contributed by atoms with Crippen molar-refractivity contribution < 1.29 is 4.39 Å². The summed E-state index contributed by atoms with van der Waals surface area (Å²) in [5.41, 5.74) is 0.894. The zero-order chi connectivity index (χ0) is 12.5. The van der Waals surface area contributed by atoms with E-state index in [0.29, 0.717) is 6.04 Å². The molecule has 0 amide bonds. The van der Waals surface area contributed by atoms with Gasteiger partial charge in [-0.1, -0.05) is 26.0 Å². The van der Waals surface area contributed by atoms with Crippen LogP contribution in [-0.2, 0) is 0 Å². The van der Waals surface area contributed by atoms with Crippen LogP contribution in [-0.4, -0.2) is 26.2 Å². The topological polar surface area (TPSA) is 15.3 Å². The van der Waals surface area contributed by atoms with Crippen molar-refractivity contribution in [1.82, 2.24) is 5.32 Å². The second-order valence-corrected chi connectivity index (χ2v) is 5.49. The largest absolute Gasteiger partial charge is 0.369 e. The van der Waals surface area contributed by atoms with Gasteiger partial charge in [-0.15, -0.1) is 0 Å². The molecule has 0 spiro atoms. The lowest BCUT2D eigenvalue weighted by Crippen LogP contribution is -2.53. The van der Waals surface area contributed by atoms with Crippen molar-refractivity contribution in [3.63, 3.8) is 0 Å². The zero-order valence-corrected chi connectivity index (χ0v) is 10.8. The Morgan fingerprint density at radius 2 is 2.06 bits per heavy atom. The molecule has 3 heteroatoms. The molecule has 0 aromatic heterocycles. The Labute approximate surface area is 103 Å². The van der Waals surface area contributed by atoms with Gasteiger partial charge >= 0.3 is 0 Å². The Morgan fingerprint density at radius 1 is 1.35 bits per heavy atom. The average molecular weight is 236 g/mol. The lowest BCUT2D eigenvalue weighted by atomic mass is 9.79. The lowest BCUT2D eigenvalue weighted by Gasteiger charge is -2.45. The van der Waals surface area contributed by atoms with Crippen molar-refractivity contribution in [1.29, 1.82) is 0 Å². The first-order chi connectivity index (χ1) is 8.04. The summed E-state index contributed by atoms with van der Waals surface area (Å²) in [5, 5.41) is 3.36. The number of rotatable bonds is 2. The summed E-state index contributed by atoms with van der Waals surface area (Å²) in [4.78, 5) is 2.16. The number of nitrogens with one attached hydrogen (secondary N) is 1. The van der Waals surface area contributed by atoms with Crippen molar-refractivity contribution in [2.75, 3.05) is 25.0 Å². The monoisotopic (exact) mass is 236 g/mol. The van der Waals surface area contributed by atoms with Gasteiger partial charge in [0, 0.05) is 19.1 Å². The van der Waals surface area contributed by atoms with Gasteiger partial charge in [-0.3, -0.25) is 0 Å². The summed E-state index contributed by atoms with van der Waals surface area (Å²) in [6.07, 6.45) is 1.05. The van der Waals surface area contributed by atoms with E-state index in [0.717, 1.165) is 25.2 Å². The molecule has 0 aliphatic carbocycles. The molecule has 2 nitrogen and oxygen atoms in total. The summed E-state index contributed by atoms with van der Waals surface area (Å²) in [5.74, 6) is -0.119. The predicted molar refractivity (Wildman–Crippen MR) is 69.9 cm³/mol. The summed E-state index contributed by atoms with van der Waals surface area (Å²) >= 11 is 0. The average Bonchev–Trinajstić information content (AvgIpc) is 2.28. The Balaban J connectivity index is 2.18. The second-order valence-electron chi connectivity index (χ2n) is 5.49. The molecule has 94 valence electrons. The number of piperidine rings is 1. The van der Waals surface area contributed by atoms with E-state index in [-0.39, 0.29) is 11.2 Å². The molecular weight excluding hydrogens is 215 g/mol. The highest BCUT2D eigenvalue weighted by Crippen LogP contribution is 2.32.